The van der Waals surface area contributed by atoms with Gasteiger partial charge in [0.05, 0.1) is 12.8 Å². The van der Waals surface area contributed by atoms with Crippen LogP contribution in [-0.2, 0) is 6.54 Å². The number of halogens is 1. The van der Waals surface area contributed by atoms with Crippen LogP contribution in [0.2, 0.25) is 5.02 Å². The molecule has 2 heterocycles. The predicted molar refractivity (Wildman–Crippen MR) is 107 cm³/mol. The Kier molecular flexibility index (Phi) is 6.73. The second kappa shape index (κ2) is 9.22. The summed E-state index contributed by atoms with van der Waals surface area (Å²) in [5.74, 6) is 0.918. The molecule has 4 nitrogen and oxygen atoms in total. The monoisotopic (exact) mass is 377 g/mol. The van der Waals surface area contributed by atoms with Gasteiger partial charge in [-0.15, -0.1) is 0 Å². The molecule has 1 aromatic carbocycles. The summed E-state index contributed by atoms with van der Waals surface area (Å²) in [5, 5.41) is 4.73. The van der Waals surface area contributed by atoms with Crippen LogP contribution in [0.4, 0.5) is 5.69 Å². The number of likely N-dealkylation sites (tertiary alicyclic amines) is 1. The van der Waals surface area contributed by atoms with Gasteiger partial charge in [0.1, 0.15) is 5.76 Å². The molecule has 3 rings (SSSR count). The highest BCUT2D eigenvalue weighted by Crippen LogP contribution is 2.15. The second-order valence-electron chi connectivity index (χ2n) is 6.34. The standard InChI is InChI=1S/C19H24ClN3OS/c20-16-6-8-17(9-7-16)21-19(25)23(15-18-5-3-14-24-18)13-4-12-22-10-1-2-11-22/h3,5-9,14H,1-2,4,10-13,15H2,(H,21,25). The van der Waals surface area contributed by atoms with Crippen LogP contribution in [-0.4, -0.2) is 41.1 Å². The second-order valence-corrected chi connectivity index (χ2v) is 7.16. The third kappa shape index (κ3) is 5.73. The first-order valence-electron chi connectivity index (χ1n) is 8.77. The van der Waals surface area contributed by atoms with Gasteiger partial charge in [0.2, 0.25) is 0 Å². The number of nitrogens with zero attached hydrogens (tertiary/aromatic N) is 2. The van der Waals surface area contributed by atoms with Crippen LogP contribution in [0.1, 0.15) is 25.0 Å². The molecule has 0 unspecified atom stereocenters. The van der Waals surface area contributed by atoms with E-state index in [1.54, 1.807) is 6.26 Å². The molecule has 1 saturated heterocycles. The van der Waals surface area contributed by atoms with Crippen molar-refractivity contribution >= 4 is 34.6 Å². The fraction of sp³-hybridized carbons (Fsp3) is 0.421. The Bertz CT molecular complexity index is 654. The molecule has 1 aliphatic heterocycles. The van der Waals surface area contributed by atoms with Gasteiger partial charge in [-0.2, -0.15) is 0 Å². The van der Waals surface area contributed by atoms with Crippen LogP contribution in [0.5, 0.6) is 0 Å². The van der Waals surface area contributed by atoms with Crippen molar-refractivity contribution < 1.29 is 4.42 Å². The summed E-state index contributed by atoms with van der Waals surface area (Å²) in [6, 6.07) is 11.5. The van der Waals surface area contributed by atoms with E-state index in [9.17, 15) is 0 Å². The maximum Gasteiger partial charge on any atom is 0.173 e. The number of hydrogen-bond acceptors (Lipinski definition) is 3. The minimum Gasteiger partial charge on any atom is -0.467 e. The molecule has 0 saturated carbocycles. The van der Waals surface area contributed by atoms with Crippen molar-refractivity contribution in [3.05, 3.63) is 53.4 Å². The molecule has 0 radical (unpaired) electrons. The van der Waals surface area contributed by atoms with Crippen LogP contribution >= 0.6 is 23.8 Å². The average Bonchev–Trinajstić information content (AvgIpc) is 3.30. The molecule has 1 aliphatic rings. The maximum atomic E-state index is 5.95. The fourth-order valence-corrected chi connectivity index (χ4v) is 3.47. The van der Waals surface area contributed by atoms with Gasteiger partial charge in [-0.3, -0.25) is 0 Å². The molecule has 2 aromatic rings. The Morgan fingerprint density at radius 1 is 1.20 bits per heavy atom. The first-order chi connectivity index (χ1) is 12.2. The molecule has 6 heteroatoms. The average molecular weight is 378 g/mol. The zero-order valence-electron chi connectivity index (χ0n) is 14.3. The minimum absolute atomic E-state index is 0.673. The topological polar surface area (TPSA) is 31.6 Å². The highest BCUT2D eigenvalue weighted by atomic mass is 35.5. The lowest BCUT2D eigenvalue weighted by Gasteiger charge is -2.26. The lowest BCUT2D eigenvalue weighted by Crippen LogP contribution is -2.36. The summed E-state index contributed by atoms with van der Waals surface area (Å²) >= 11 is 11.6. The molecular weight excluding hydrogens is 354 g/mol. The Hall–Kier alpha value is -1.56. The summed E-state index contributed by atoms with van der Waals surface area (Å²) in [7, 11) is 0. The quantitative estimate of drug-likeness (QED) is 0.712. The van der Waals surface area contributed by atoms with Gasteiger partial charge >= 0.3 is 0 Å². The molecule has 0 atom stereocenters. The van der Waals surface area contributed by atoms with E-state index in [1.807, 2.05) is 36.4 Å². The van der Waals surface area contributed by atoms with Crippen molar-refractivity contribution in [2.24, 2.45) is 0 Å². The first kappa shape index (κ1) is 18.2. The Morgan fingerprint density at radius 2 is 1.96 bits per heavy atom. The van der Waals surface area contributed by atoms with Crippen LogP contribution in [0, 0.1) is 0 Å². The van der Waals surface area contributed by atoms with Crippen LogP contribution in [0.25, 0.3) is 0 Å². The lowest BCUT2D eigenvalue weighted by atomic mass is 10.3. The minimum atomic E-state index is 0.673. The number of thiocarbonyl (C=S) groups is 1. The van der Waals surface area contributed by atoms with E-state index in [4.69, 9.17) is 28.2 Å². The van der Waals surface area contributed by atoms with E-state index in [2.05, 4.69) is 15.1 Å². The number of hydrogen-bond donors (Lipinski definition) is 1. The maximum absolute atomic E-state index is 5.95. The van der Waals surface area contributed by atoms with Gasteiger partial charge in [0.25, 0.3) is 0 Å². The lowest BCUT2D eigenvalue weighted by molar-refractivity contribution is 0.298. The van der Waals surface area contributed by atoms with Crippen molar-refractivity contribution in [1.29, 1.82) is 0 Å². The van der Waals surface area contributed by atoms with E-state index in [0.717, 1.165) is 36.0 Å². The summed E-state index contributed by atoms with van der Waals surface area (Å²) in [4.78, 5) is 4.69. The van der Waals surface area contributed by atoms with Gasteiger partial charge in [-0.1, -0.05) is 11.6 Å². The highest BCUT2D eigenvalue weighted by molar-refractivity contribution is 7.80. The SMILES string of the molecule is S=C(Nc1ccc(Cl)cc1)N(CCCN1CCCC1)Cc1ccco1. The molecule has 0 spiro atoms. The molecule has 0 amide bonds. The summed E-state index contributed by atoms with van der Waals surface area (Å²) in [6.45, 7) is 5.15. The van der Waals surface area contributed by atoms with Crippen LogP contribution in [0.3, 0.4) is 0 Å². The third-order valence-corrected chi connectivity index (χ3v) is 5.02. The smallest absolute Gasteiger partial charge is 0.173 e. The van der Waals surface area contributed by atoms with E-state index in [-0.39, 0.29) is 0 Å². The van der Waals surface area contributed by atoms with Crippen LogP contribution in [0.15, 0.2) is 47.1 Å². The first-order valence-corrected chi connectivity index (χ1v) is 9.55. The van der Waals surface area contributed by atoms with E-state index >= 15 is 0 Å². The zero-order valence-corrected chi connectivity index (χ0v) is 15.9. The summed E-state index contributed by atoms with van der Waals surface area (Å²) in [6.07, 6.45) is 5.44. The third-order valence-electron chi connectivity index (χ3n) is 4.41. The molecular formula is C19H24ClN3OS. The molecule has 1 fully saturated rings. The number of anilines is 1. The molecule has 25 heavy (non-hydrogen) atoms. The van der Waals surface area contributed by atoms with Gasteiger partial charge in [0, 0.05) is 17.3 Å². The fourth-order valence-electron chi connectivity index (χ4n) is 3.07. The normalized spacial score (nSPS) is 14.6. The van der Waals surface area contributed by atoms with Crippen LogP contribution < -0.4 is 5.32 Å². The largest absolute Gasteiger partial charge is 0.467 e. The Morgan fingerprint density at radius 3 is 2.64 bits per heavy atom. The van der Waals surface area contributed by atoms with Gasteiger partial charge in [-0.05, 0) is 87.5 Å². The van der Waals surface area contributed by atoms with E-state index in [1.165, 1.54) is 25.9 Å². The molecule has 0 bridgehead atoms. The van der Waals surface area contributed by atoms with E-state index in [0.29, 0.717) is 11.7 Å². The van der Waals surface area contributed by atoms with Crippen molar-refractivity contribution in [2.75, 3.05) is 31.5 Å². The Labute approximate surface area is 159 Å². The molecule has 134 valence electrons. The zero-order chi connectivity index (χ0) is 17.5. The Balaban J connectivity index is 1.57. The van der Waals surface area contributed by atoms with Gasteiger partial charge in [-0.25, -0.2) is 0 Å². The van der Waals surface area contributed by atoms with Gasteiger partial charge in [0.15, 0.2) is 5.11 Å². The van der Waals surface area contributed by atoms with E-state index < -0.39 is 0 Å². The highest BCUT2D eigenvalue weighted by Gasteiger charge is 2.15. The summed E-state index contributed by atoms with van der Waals surface area (Å²) < 4.78 is 5.50. The van der Waals surface area contributed by atoms with Crippen molar-refractivity contribution in [3.63, 3.8) is 0 Å². The molecule has 0 aliphatic carbocycles. The number of benzene rings is 1. The van der Waals surface area contributed by atoms with Crippen molar-refractivity contribution in [2.45, 2.75) is 25.8 Å². The number of rotatable bonds is 7. The number of furan rings is 1. The summed E-state index contributed by atoms with van der Waals surface area (Å²) in [5.41, 5.74) is 0.943. The number of nitrogens with one attached hydrogen (secondary N) is 1. The molecule has 1 N–H and O–H groups in total. The van der Waals surface area contributed by atoms with Gasteiger partial charge < -0.3 is 19.5 Å². The molecule has 1 aromatic heterocycles. The van der Waals surface area contributed by atoms with Crippen molar-refractivity contribution in [1.82, 2.24) is 9.80 Å². The predicted octanol–water partition coefficient (Wildman–Crippen LogP) is 4.62. The van der Waals surface area contributed by atoms with Crippen molar-refractivity contribution in [3.8, 4) is 0 Å².